The molecule has 1 aliphatic heterocycles. The van der Waals surface area contributed by atoms with Crippen molar-refractivity contribution in [3.05, 3.63) is 16.0 Å². The van der Waals surface area contributed by atoms with Crippen LogP contribution in [0.1, 0.15) is 51.4 Å². The van der Waals surface area contributed by atoms with Gasteiger partial charge in [-0.25, -0.2) is 9.97 Å². The van der Waals surface area contributed by atoms with Gasteiger partial charge in [0.2, 0.25) is 0 Å². The Kier molecular flexibility index (Phi) is 5.53. The molecule has 1 aliphatic rings. The molecular weight excluding hydrogens is 366 g/mol. The lowest BCUT2D eigenvalue weighted by molar-refractivity contribution is 0.559. The normalized spacial score (nSPS) is 26.7. The van der Waals surface area contributed by atoms with Gasteiger partial charge in [0.1, 0.15) is 11.6 Å². The van der Waals surface area contributed by atoms with Gasteiger partial charge in [-0.05, 0) is 15.9 Å². The zero-order valence-corrected chi connectivity index (χ0v) is 16.7. The average Bonchev–Trinajstić information content (AvgIpc) is 2.41. The fourth-order valence-corrected chi connectivity index (χ4v) is 6.00. The summed E-state index contributed by atoms with van der Waals surface area (Å²) < 4.78 is 0.983. The third-order valence-electron chi connectivity index (χ3n) is 3.65. The van der Waals surface area contributed by atoms with Crippen molar-refractivity contribution in [3.63, 3.8) is 0 Å². The number of nitrogens with one attached hydrogen (secondary N) is 1. The number of nitrogens with zero attached hydrogens (tertiary/aromatic N) is 2. The summed E-state index contributed by atoms with van der Waals surface area (Å²) in [6.07, 6.45) is 0. The first-order chi connectivity index (χ1) is 9.74. The zero-order valence-electron chi connectivity index (χ0n) is 13.5. The SMILES string of the molecule is CNc1nc(C2CSC(C)C(C)S2)nc(C(C)(C)C)c1Br. The molecule has 1 saturated heterocycles. The first-order valence-corrected chi connectivity index (χ1v) is 10.0. The van der Waals surface area contributed by atoms with E-state index in [0.717, 1.165) is 27.6 Å². The Morgan fingerprint density at radius 2 is 1.86 bits per heavy atom. The van der Waals surface area contributed by atoms with Crippen LogP contribution in [0.5, 0.6) is 0 Å². The molecule has 21 heavy (non-hydrogen) atoms. The Morgan fingerprint density at radius 3 is 2.38 bits per heavy atom. The van der Waals surface area contributed by atoms with Crippen LogP contribution in [0.4, 0.5) is 5.82 Å². The topological polar surface area (TPSA) is 37.8 Å². The molecule has 2 rings (SSSR count). The second-order valence-electron chi connectivity index (χ2n) is 6.46. The van der Waals surface area contributed by atoms with E-state index < -0.39 is 0 Å². The van der Waals surface area contributed by atoms with E-state index in [0.29, 0.717) is 15.7 Å². The van der Waals surface area contributed by atoms with Crippen LogP contribution in [0.25, 0.3) is 0 Å². The predicted octanol–water partition coefficient (Wildman–Crippen LogP) is 4.88. The average molecular weight is 390 g/mol. The highest BCUT2D eigenvalue weighted by molar-refractivity contribution is 9.10. The van der Waals surface area contributed by atoms with Gasteiger partial charge in [-0.2, -0.15) is 11.8 Å². The van der Waals surface area contributed by atoms with Crippen LogP contribution in [0.15, 0.2) is 4.47 Å². The lowest BCUT2D eigenvalue weighted by Crippen LogP contribution is -2.25. The largest absolute Gasteiger partial charge is 0.372 e. The molecule has 1 aromatic heterocycles. The molecule has 3 unspecified atom stereocenters. The summed E-state index contributed by atoms with van der Waals surface area (Å²) in [5.41, 5.74) is 1.07. The van der Waals surface area contributed by atoms with Gasteiger partial charge in [0.25, 0.3) is 0 Å². The summed E-state index contributed by atoms with van der Waals surface area (Å²) in [6.45, 7) is 11.2. The van der Waals surface area contributed by atoms with Crippen molar-refractivity contribution in [2.75, 3.05) is 18.1 Å². The number of thioether (sulfide) groups is 2. The highest BCUT2D eigenvalue weighted by atomic mass is 79.9. The van der Waals surface area contributed by atoms with E-state index in [1.54, 1.807) is 0 Å². The second kappa shape index (κ2) is 6.67. The summed E-state index contributed by atoms with van der Waals surface area (Å²) in [4.78, 5) is 9.65. The second-order valence-corrected chi connectivity index (χ2v) is 10.2. The van der Waals surface area contributed by atoms with E-state index in [4.69, 9.17) is 9.97 Å². The first-order valence-electron chi connectivity index (χ1n) is 7.26. The van der Waals surface area contributed by atoms with E-state index in [1.807, 2.05) is 30.6 Å². The maximum Gasteiger partial charge on any atom is 0.144 e. The number of anilines is 1. The molecule has 0 aliphatic carbocycles. The molecule has 0 radical (unpaired) electrons. The number of aromatic nitrogens is 2. The molecule has 6 heteroatoms. The Balaban J connectivity index is 2.40. The van der Waals surface area contributed by atoms with Crippen LogP contribution >= 0.6 is 39.5 Å². The van der Waals surface area contributed by atoms with Crippen molar-refractivity contribution in [1.29, 1.82) is 0 Å². The molecule has 0 aromatic carbocycles. The van der Waals surface area contributed by atoms with Gasteiger partial charge in [0, 0.05) is 28.7 Å². The van der Waals surface area contributed by atoms with Crippen molar-refractivity contribution < 1.29 is 0 Å². The zero-order chi connectivity index (χ0) is 15.8. The standard InChI is InChI=1S/C15H24BrN3S2/c1-8-9(2)21-10(7-20-8)13-18-12(15(3,4)5)11(16)14(17-6)19-13/h8-10H,7H2,1-6H3,(H,17,18,19). The number of halogens is 1. The van der Waals surface area contributed by atoms with Gasteiger partial charge in [-0.15, -0.1) is 11.8 Å². The van der Waals surface area contributed by atoms with Crippen LogP contribution in [-0.4, -0.2) is 33.3 Å². The predicted molar refractivity (Wildman–Crippen MR) is 99.7 cm³/mol. The van der Waals surface area contributed by atoms with Crippen LogP contribution in [0.2, 0.25) is 0 Å². The minimum atomic E-state index is -0.00644. The molecule has 3 atom stereocenters. The van der Waals surface area contributed by atoms with Crippen LogP contribution in [-0.2, 0) is 5.41 Å². The van der Waals surface area contributed by atoms with E-state index in [1.165, 1.54) is 0 Å². The van der Waals surface area contributed by atoms with Crippen molar-refractivity contribution in [2.45, 2.75) is 55.8 Å². The molecule has 0 bridgehead atoms. The van der Waals surface area contributed by atoms with Gasteiger partial charge in [-0.3, -0.25) is 0 Å². The number of hydrogen-bond acceptors (Lipinski definition) is 5. The monoisotopic (exact) mass is 389 g/mol. The molecule has 2 heterocycles. The van der Waals surface area contributed by atoms with E-state index in [2.05, 4.69) is 55.9 Å². The van der Waals surface area contributed by atoms with Crippen molar-refractivity contribution >= 4 is 45.3 Å². The Morgan fingerprint density at radius 1 is 1.19 bits per heavy atom. The van der Waals surface area contributed by atoms with Crippen molar-refractivity contribution in [1.82, 2.24) is 9.97 Å². The summed E-state index contributed by atoms with van der Waals surface area (Å²) in [5, 5.41) is 4.91. The van der Waals surface area contributed by atoms with Crippen molar-refractivity contribution in [2.24, 2.45) is 0 Å². The smallest absolute Gasteiger partial charge is 0.144 e. The highest BCUT2D eigenvalue weighted by Gasteiger charge is 2.31. The molecule has 1 fully saturated rings. The van der Waals surface area contributed by atoms with Gasteiger partial charge in [0.15, 0.2) is 0 Å². The molecule has 1 aromatic rings. The van der Waals surface area contributed by atoms with Gasteiger partial charge >= 0.3 is 0 Å². The molecule has 0 amide bonds. The molecule has 0 spiro atoms. The Labute approximate surface area is 145 Å². The third kappa shape index (κ3) is 3.88. The number of rotatable bonds is 2. The quantitative estimate of drug-likeness (QED) is 0.779. The maximum absolute atomic E-state index is 4.90. The van der Waals surface area contributed by atoms with E-state index in [9.17, 15) is 0 Å². The fraction of sp³-hybridized carbons (Fsp3) is 0.733. The first kappa shape index (κ1) is 17.4. The summed E-state index contributed by atoms with van der Waals surface area (Å²) in [6, 6.07) is 0. The fourth-order valence-electron chi connectivity index (χ4n) is 2.19. The lowest BCUT2D eigenvalue weighted by atomic mass is 9.92. The summed E-state index contributed by atoms with van der Waals surface area (Å²) >= 11 is 7.69. The Hall–Kier alpha value is 0.0600. The van der Waals surface area contributed by atoms with E-state index >= 15 is 0 Å². The minimum Gasteiger partial charge on any atom is -0.372 e. The molecule has 0 saturated carbocycles. The van der Waals surface area contributed by atoms with Crippen molar-refractivity contribution in [3.8, 4) is 0 Å². The van der Waals surface area contributed by atoms with Gasteiger partial charge < -0.3 is 5.32 Å². The molecule has 118 valence electrons. The third-order valence-corrected chi connectivity index (χ3v) is 7.79. The van der Waals surface area contributed by atoms with E-state index in [-0.39, 0.29) is 5.41 Å². The minimum absolute atomic E-state index is 0.00644. The summed E-state index contributed by atoms with van der Waals surface area (Å²) in [7, 11) is 1.91. The number of hydrogen-bond donors (Lipinski definition) is 1. The summed E-state index contributed by atoms with van der Waals surface area (Å²) in [5.74, 6) is 2.94. The van der Waals surface area contributed by atoms with Crippen LogP contribution in [0.3, 0.4) is 0 Å². The molecule has 1 N–H and O–H groups in total. The maximum atomic E-state index is 4.90. The van der Waals surface area contributed by atoms with Gasteiger partial charge in [-0.1, -0.05) is 34.6 Å². The van der Waals surface area contributed by atoms with Crippen LogP contribution < -0.4 is 5.32 Å². The lowest BCUT2D eigenvalue weighted by Gasteiger charge is -2.31. The highest BCUT2D eigenvalue weighted by Crippen LogP contribution is 2.44. The molecule has 3 nitrogen and oxygen atoms in total. The molecular formula is C15H24BrN3S2. The Bertz CT molecular complexity index is 516. The van der Waals surface area contributed by atoms with Gasteiger partial charge in [0.05, 0.1) is 15.4 Å². The van der Waals surface area contributed by atoms with Crippen LogP contribution in [0, 0.1) is 0 Å².